The minimum Gasteiger partial charge on any atom is -0.272 e. The maximum absolute atomic E-state index is 11.1. The standard InChI is InChI=1S/C16H20N4O4/c1-11-6-4-5-9-16(11,3)12(2)17-18-14-8-7-13(19(21)22)10-15(14)20(23)24/h6-8,10,18H,4-5,9H2,1-3H3/b17-12+/t16-/m0/s1. The summed E-state index contributed by atoms with van der Waals surface area (Å²) in [6, 6.07) is 3.45. The summed E-state index contributed by atoms with van der Waals surface area (Å²) in [5.41, 5.74) is 4.00. The third kappa shape index (κ3) is 3.42. The molecule has 0 unspecified atom stereocenters. The molecule has 1 aliphatic carbocycles. The lowest BCUT2D eigenvalue weighted by molar-refractivity contribution is -0.393. The molecular formula is C16H20N4O4. The van der Waals surface area contributed by atoms with E-state index in [1.54, 1.807) is 0 Å². The van der Waals surface area contributed by atoms with Crippen molar-refractivity contribution >= 4 is 22.8 Å². The minimum absolute atomic E-state index is 0.131. The van der Waals surface area contributed by atoms with E-state index in [2.05, 4.69) is 30.5 Å². The lowest BCUT2D eigenvalue weighted by Crippen LogP contribution is -2.29. The summed E-state index contributed by atoms with van der Waals surface area (Å²) >= 11 is 0. The highest BCUT2D eigenvalue weighted by Crippen LogP contribution is 2.38. The summed E-state index contributed by atoms with van der Waals surface area (Å²) in [5.74, 6) is 0. The Labute approximate surface area is 139 Å². The lowest BCUT2D eigenvalue weighted by atomic mass is 9.72. The van der Waals surface area contributed by atoms with Gasteiger partial charge in [0.1, 0.15) is 5.69 Å². The van der Waals surface area contributed by atoms with Crippen molar-refractivity contribution in [3.63, 3.8) is 0 Å². The Hall–Kier alpha value is -2.77. The predicted molar refractivity (Wildman–Crippen MR) is 92.2 cm³/mol. The van der Waals surface area contributed by atoms with E-state index in [1.165, 1.54) is 17.7 Å². The number of nitro groups is 2. The van der Waals surface area contributed by atoms with Gasteiger partial charge < -0.3 is 0 Å². The zero-order valence-electron chi connectivity index (χ0n) is 13.9. The molecule has 2 rings (SSSR count). The molecular weight excluding hydrogens is 312 g/mol. The van der Waals surface area contributed by atoms with Crippen LogP contribution in [0.1, 0.15) is 40.0 Å². The van der Waals surface area contributed by atoms with Crippen molar-refractivity contribution in [2.45, 2.75) is 40.0 Å². The summed E-state index contributed by atoms with van der Waals surface area (Å²) < 4.78 is 0. The van der Waals surface area contributed by atoms with Crippen molar-refractivity contribution in [3.05, 3.63) is 50.1 Å². The lowest BCUT2D eigenvalue weighted by Gasteiger charge is -2.33. The number of nitrogens with one attached hydrogen (secondary N) is 1. The van der Waals surface area contributed by atoms with E-state index < -0.39 is 9.85 Å². The van der Waals surface area contributed by atoms with Crippen molar-refractivity contribution in [2.24, 2.45) is 10.5 Å². The maximum Gasteiger partial charge on any atom is 0.301 e. The molecule has 1 atom stereocenters. The maximum atomic E-state index is 11.1. The molecule has 0 heterocycles. The molecule has 0 spiro atoms. The van der Waals surface area contributed by atoms with Crippen LogP contribution in [-0.4, -0.2) is 15.6 Å². The van der Waals surface area contributed by atoms with Crippen LogP contribution in [0.15, 0.2) is 34.9 Å². The van der Waals surface area contributed by atoms with Crippen LogP contribution in [-0.2, 0) is 0 Å². The van der Waals surface area contributed by atoms with Crippen molar-refractivity contribution in [1.82, 2.24) is 0 Å². The van der Waals surface area contributed by atoms with E-state index in [1.807, 2.05) is 6.92 Å². The zero-order valence-corrected chi connectivity index (χ0v) is 13.9. The van der Waals surface area contributed by atoms with Gasteiger partial charge in [-0.1, -0.05) is 18.6 Å². The Morgan fingerprint density at radius 3 is 2.58 bits per heavy atom. The number of allylic oxidation sites excluding steroid dienone is 2. The highest BCUT2D eigenvalue weighted by Gasteiger charge is 2.31. The molecule has 0 amide bonds. The Balaban J connectivity index is 2.31. The molecule has 0 aliphatic heterocycles. The summed E-state index contributed by atoms with van der Waals surface area (Å²) in [5, 5.41) is 26.2. The first-order valence-electron chi connectivity index (χ1n) is 7.66. The van der Waals surface area contributed by atoms with Crippen LogP contribution in [0, 0.1) is 25.6 Å². The second-order valence-electron chi connectivity index (χ2n) is 6.14. The van der Waals surface area contributed by atoms with Crippen molar-refractivity contribution in [3.8, 4) is 0 Å². The molecule has 0 bridgehead atoms. The molecule has 0 aromatic heterocycles. The number of nitrogens with zero attached hydrogens (tertiary/aromatic N) is 3. The Kier molecular flexibility index (Phi) is 4.96. The van der Waals surface area contributed by atoms with Gasteiger partial charge in [-0.3, -0.25) is 25.7 Å². The first kappa shape index (κ1) is 17.6. The van der Waals surface area contributed by atoms with Crippen LogP contribution < -0.4 is 5.43 Å². The number of anilines is 1. The Morgan fingerprint density at radius 2 is 2.00 bits per heavy atom. The molecule has 0 radical (unpaired) electrons. The molecule has 0 fully saturated rings. The number of hydrogen-bond donors (Lipinski definition) is 1. The van der Waals surface area contributed by atoms with Crippen molar-refractivity contribution in [2.75, 3.05) is 5.43 Å². The quantitative estimate of drug-likeness (QED) is 0.371. The molecule has 1 N–H and O–H groups in total. The molecule has 1 aromatic carbocycles. The van der Waals surface area contributed by atoms with Gasteiger partial charge in [-0.05, 0) is 39.2 Å². The summed E-state index contributed by atoms with van der Waals surface area (Å²) in [7, 11) is 0. The molecule has 8 heteroatoms. The van der Waals surface area contributed by atoms with Crippen molar-refractivity contribution in [1.29, 1.82) is 0 Å². The largest absolute Gasteiger partial charge is 0.301 e. The minimum atomic E-state index is -0.664. The second kappa shape index (κ2) is 6.77. The molecule has 1 aromatic rings. The summed E-state index contributed by atoms with van der Waals surface area (Å²) in [6.07, 6.45) is 5.28. The predicted octanol–water partition coefficient (Wildman–Crippen LogP) is 4.43. The van der Waals surface area contributed by atoms with E-state index in [-0.39, 0.29) is 22.5 Å². The van der Waals surface area contributed by atoms with Crippen LogP contribution in [0.3, 0.4) is 0 Å². The number of benzene rings is 1. The molecule has 1 aliphatic rings. The number of nitro benzene ring substituents is 2. The topological polar surface area (TPSA) is 111 Å². The number of hydrazone groups is 1. The van der Waals surface area contributed by atoms with Gasteiger partial charge in [0.25, 0.3) is 5.69 Å². The average molecular weight is 332 g/mol. The number of hydrogen-bond acceptors (Lipinski definition) is 6. The zero-order chi connectivity index (χ0) is 17.9. The number of non-ortho nitro benzene ring substituents is 1. The summed E-state index contributed by atoms with van der Waals surface area (Å²) in [6.45, 7) is 6.04. The Bertz CT molecular complexity index is 742. The van der Waals surface area contributed by atoms with Gasteiger partial charge in [-0.25, -0.2) is 0 Å². The van der Waals surface area contributed by atoms with Crippen LogP contribution in [0.25, 0.3) is 0 Å². The highest BCUT2D eigenvalue weighted by molar-refractivity contribution is 5.91. The first-order valence-corrected chi connectivity index (χ1v) is 7.66. The van der Waals surface area contributed by atoms with Crippen LogP contribution in [0.5, 0.6) is 0 Å². The third-order valence-corrected chi connectivity index (χ3v) is 4.73. The van der Waals surface area contributed by atoms with Crippen LogP contribution in [0.4, 0.5) is 17.1 Å². The third-order valence-electron chi connectivity index (χ3n) is 4.73. The second-order valence-corrected chi connectivity index (χ2v) is 6.14. The van der Waals surface area contributed by atoms with Crippen molar-refractivity contribution < 1.29 is 9.85 Å². The van der Waals surface area contributed by atoms with Gasteiger partial charge in [-0.15, -0.1) is 0 Å². The van der Waals surface area contributed by atoms with E-state index >= 15 is 0 Å². The normalized spacial score (nSPS) is 21.1. The molecule has 24 heavy (non-hydrogen) atoms. The van der Waals surface area contributed by atoms with Gasteiger partial charge in [0, 0.05) is 17.2 Å². The van der Waals surface area contributed by atoms with Crippen LogP contribution >= 0.6 is 0 Å². The van der Waals surface area contributed by atoms with Gasteiger partial charge >= 0.3 is 5.69 Å². The fourth-order valence-corrected chi connectivity index (χ4v) is 2.81. The number of rotatable bonds is 5. The highest BCUT2D eigenvalue weighted by atomic mass is 16.6. The SMILES string of the molecule is CC1=CCCC[C@]1(C)/C(C)=N/Nc1ccc([N+](=O)[O-])cc1[N+](=O)[O-]. The fraction of sp³-hybridized carbons (Fsp3) is 0.438. The molecule has 8 nitrogen and oxygen atoms in total. The van der Waals surface area contributed by atoms with Gasteiger partial charge in [0.05, 0.1) is 15.9 Å². The van der Waals surface area contributed by atoms with E-state index in [9.17, 15) is 20.2 Å². The molecule has 0 saturated heterocycles. The Morgan fingerprint density at radius 1 is 1.29 bits per heavy atom. The van der Waals surface area contributed by atoms with Gasteiger partial charge in [0.2, 0.25) is 0 Å². The first-order chi connectivity index (χ1) is 11.3. The molecule has 128 valence electrons. The fourth-order valence-electron chi connectivity index (χ4n) is 2.81. The van der Waals surface area contributed by atoms with E-state index in [4.69, 9.17) is 0 Å². The summed E-state index contributed by atoms with van der Waals surface area (Å²) in [4.78, 5) is 20.6. The van der Waals surface area contributed by atoms with E-state index in [0.717, 1.165) is 31.0 Å². The molecule has 0 saturated carbocycles. The van der Waals surface area contributed by atoms with E-state index in [0.29, 0.717) is 0 Å². The smallest absolute Gasteiger partial charge is 0.272 e. The van der Waals surface area contributed by atoms with Gasteiger partial charge in [-0.2, -0.15) is 5.10 Å². The van der Waals surface area contributed by atoms with Crippen LogP contribution in [0.2, 0.25) is 0 Å². The average Bonchev–Trinajstić information content (AvgIpc) is 2.54. The van der Waals surface area contributed by atoms with Gasteiger partial charge in [0.15, 0.2) is 0 Å². The monoisotopic (exact) mass is 332 g/mol.